The molecular weight excluding hydrogens is 264 g/mol. The molecule has 2 atom stereocenters. The predicted molar refractivity (Wildman–Crippen MR) is 82.0 cm³/mol. The van der Waals surface area contributed by atoms with Gasteiger partial charge in [0.15, 0.2) is 0 Å². The Morgan fingerprint density at radius 3 is 3.00 bits per heavy atom. The lowest BCUT2D eigenvalue weighted by Gasteiger charge is -2.16. The largest absolute Gasteiger partial charge is 0.381 e. The van der Waals surface area contributed by atoms with Crippen LogP contribution in [-0.4, -0.2) is 46.0 Å². The molecular formula is C16H24N4O. The first-order chi connectivity index (χ1) is 10.3. The van der Waals surface area contributed by atoms with Crippen LogP contribution in [0.1, 0.15) is 24.0 Å². The lowest BCUT2D eigenvalue weighted by atomic mass is 9.92. The van der Waals surface area contributed by atoms with E-state index in [4.69, 9.17) is 4.74 Å². The van der Waals surface area contributed by atoms with Crippen LogP contribution in [0.4, 0.5) is 0 Å². The quantitative estimate of drug-likeness (QED) is 0.884. The van der Waals surface area contributed by atoms with Crippen LogP contribution in [0, 0.1) is 5.92 Å². The maximum Gasteiger partial charge on any atom is 0.0525 e. The Kier molecular flexibility index (Phi) is 4.41. The predicted octanol–water partition coefficient (Wildman–Crippen LogP) is 2.00. The van der Waals surface area contributed by atoms with E-state index in [1.54, 1.807) is 0 Å². The first-order valence-electron chi connectivity index (χ1n) is 7.66. The molecule has 5 nitrogen and oxygen atoms in total. The smallest absolute Gasteiger partial charge is 0.0525 e. The fourth-order valence-electron chi connectivity index (χ4n) is 3.25. The van der Waals surface area contributed by atoms with Gasteiger partial charge in [0.25, 0.3) is 0 Å². The number of aryl methyl sites for hydroxylation is 1. The fraction of sp³-hybridized carbons (Fsp3) is 0.562. The fourth-order valence-corrected chi connectivity index (χ4v) is 3.25. The molecule has 1 aliphatic heterocycles. The zero-order chi connectivity index (χ0) is 14.7. The zero-order valence-electron chi connectivity index (χ0n) is 12.8. The van der Waals surface area contributed by atoms with Crippen LogP contribution in [0.15, 0.2) is 30.9 Å². The van der Waals surface area contributed by atoms with Crippen molar-refractivity contribution in [3.05, 3.63) is 42.0 Å². The van der Waals surface area contributed by atoms with Gasteiger partial charge in [0.1, 0.15) is 0 Å². The van der Waals surface area contributed by atoms with Gasteiger partial charge in [0.05, 0.1) is 12.8 Å². The summed E-state index contributed by atoms with van der Waals surface area (Å²) in [7, 11) is 1.98. The Bertz CT molecular complexity index is 548. The zero-order valence-corrected chi connectivity index (χ0v) is 12.8. The number of rotatable bonds is 6. The Morgan fingerprint density at radius 1 is 1.43 bits per heavy atom. The summed E-state index contributed by atoms with van der Waals surface area (Å²) in [6, 6.07) is 2.15. The second kappa shape index (κ2) is 6.45. The number of H-pyrrole nitrogens is 1. The number of hydrogen-bond acceptors (Lipinski definition) is 3. The molecule has 1 fully saturated rings. The normalized spacial score (nSPS) is 23.0. The van der Waals surface area contributed by atoms with E-state index in [9.17, 15) is 0 Å². The van der Waals surface area contributed by atoms with Crippen LogP contribution in [0.2, 0.25) is 0 Å². The maximum atomic E-state index is 5.70. The van der Waals surface area contributed by atoms with Crippen LogP contribution in [0.5, 0.6) is 0 Å². The molecule has 0 aromatic carbocycles. The molecule has 3 rings (SSSR count). The summed E-state index contributed by atoms with van der Waals surface area (Å²) in [5.41, 5.74) is 2.68. The van der Waals surface area contributed by atoms with Crippen molar-refractivity contribution in [3.8, 4) is 0 Å². The van der Waals surface area contributed by atoms with Gasteiger partial charge in [-0.05, 0) is 24.1 Å². The molecule has 2 aromatic heterocycles. The summed E-state index contributed by atoms with van der Waals surface area (Å²) in [4.78, 5) is 5.65. The first kappa shape index (κ1) is 14.4. The molecule has 1 N–H and O–H groups in total. The van der Waals surface area contributed by atoms with Crippen LogP contribution < -0.4 is 0 Å². The lowest BCUT2D eigenvalue weighted by Crippen LogP contribution is -2.21. The first-order valence-corrected chi connectivity index (χ1v) is 7.66. The molecule has 0 amide bonds. The molecule has 0 aliphatic carbocycles. The van der Waals surface area contributed by atoms with Crippen LogP contribution in [0.3, 0.4) is 0 Å². The van der Waals surface area contributed by atoms with Crippen molar-refractivity contribution in [1.29, 1.82) is 0 Å². The monoisotopic (exact) mass is 288 g/mol. The Balaban J connectivity index is 1.70. The molecule has 21 heavy (non-hydrogen) atoms. The summed E-state index contributed by atoms with van der Waals surface area (Å²) in [6.07, 6.45) is 8.21. The highest BCUT2D eigenvalue weighted by Crippen LogP contribution is 2.33. The number of aromatic nitrogens is 3. The topological polar surface area (TPSA) is 46.1 Å². The lowest BCUT2D eigenvalue weighted by molar-refractivity contribution is 0.107. The Labute approximate surface area is 125 Å². The highest BCUT2D eigenvalue weighted by Gasteiger charge is 2.34. The highest BCUT2D eigenvalue weighted by molar-refractivity contribution is 5.17. The number of likely N-dealkylation sites (tertiary alicyclic amines) is 1. The summed E-state index contributed by atoms with van der Waals surface area (Å²) >= 11 is 0. The molecule has 114 valence electrons. The molecule has 1 saturated heterocycles. The maximum absolute atomic E-state index is 5.70. The van der Waals surface area contributed by atoms with Crippen LogP contribution >= 0.6 is 0 Å². The summed E-state index contributed by atoms with van der Waals surface area (Å²) in [6.45, 7) is 6.85. The van der Waals surface area contributed by atoms with Crippen molar-refractivity contribution < 1.29 is 4.74 Å². The van der Waals surface area contributed by atoms with E-state index >= 15 is 0 Å². The number of aromatic amines is 1. The summed E-state index contributed by atoms with van der Waals surface area (Å²) in [5.74, 6) is 1.07. The van der Waals surface area contributed by atoms with Crippen molar-refractivity contribution in [2.24, 2.45) is 13.0 Å². The van der Waals surface area contributed by atoms with Gasteiger partial charge in [0, 0.05) is 63.7 Å². The number of nitrogens with zero attached hydrogens (tertiary/aromatic N) is 3. The standard InChI is InChI=1S/C16H24N4O/c1-3-21-12-15-10-20(8-13-4-5-17-6-13)11-16(15)14-7-18-19(2)9-14/h4-7,9,15-17H,3,8,10-12H2,1-2H3/t15-,16-/m0/s1. The molecule has 0 radical (unpaired) electrons. The van der Waals surface area contributed by atoms with E-state index in [1.165, 1.54) is 11.1 Å². The highest BCUT2D eigenvalue weighted by atomic mass is 16.5. The average Bonchev–Trinajstić information content (AvgIpc) is 3.18. The van der Waals surface area contributed by atoms with E-state index in [0.29, 0.717) is 11.8 Å². The van der Waals surface area contributed by atoms with Crippen molar-refractivity contribution in [2.75, 3.05) is 26.3 Å². The van der Waals surface area contributed by atoms with Gasteiger partial charge >= 0.3 is 0 Å². The molecule has 3 heterocycles. The van der Waals surface area contributed by atoms with Crippen LogP contribution in [-0.2, 0) is 18.3 Å². The van der Waals surface area contributed by atoms with Gasteiger partial charge in [-0.25, -0.2) is 0 Å². The minimum absolute atomic E-state index is 0.518. The second-order valence-corrected chi connectivity index (χ2v) is 5.89. The van der Waals surface area contributed by atoms with Gasteiger partial charge < -0.3 is 9.72 Å². The van der Waals surface area contributed by atoms with Gasteiger partial charge in [-0.2, -0.15) is 5.10 Å². The van der Waals surface area contributed by atoms with Gasteiger partial charge in [-0.3, -0.25) is 9.58 Å². The van der Waals surface area contributed by atoms with E-state index in [0.717, 1.165) is 32.8 Å². The molecule has 0 saturated carbocycles. The van der Waals surface area contributed by atoms with Crippen molar-refractivity contribution in [2.45, 2.75) is 19.4 Å². The van der Waals surface area contributed by atoms with Crippen molar-refractivity contribution in [1.82, 2.24) is 19.7 Å². The molecule has 0 bridgehead atoms. The Hall–Kier alpha value is -1.59. The van der Waals surface area contributed by atoms with Crippen LogP contribution in [0.25, 0.3) is 0 Å². The van der Waals surface area contributed by atoms with E-state index < -0.39 is 0 Å². The minimum atomic E-state index is 0.518. The SMILES string of the molecule is CCOC[C@@H]1CN(Cc2cc[nH]c2)C[C@H]1c1cnn(C)c1. The van der Waals surface area contributed by atoms with E-state index in [1.807, 2.05) is 24.1 Å². The van der Waals surface area contributed by atoms with E-state index in [2.05, 4.69) is 40.4 Å². The molecule has 0 spiro atoms. The third-order valence-corrected chi connectivity index (χ3v) is 4.27. The number of ether oxygens (including phenoxy) is 1. The van der Waals surface area contributed by atoms with E-state index in [-0.39, 0.29) is 0 Å². The minimum Gasteiger partial charge on any atom is -0.381 e. The molecule has 0 unspecified atom stereocenters. The third kappa shape index (κ3) is 3.36. The number of nitrogens with one attached hydrogen (secondary N) is 1. The summed E-state index contributed by atoms with van der Waals surface area (Å²) in [5, 5.41) is 4.33. The van der Waals surface area contributed by atoms with Crippen molar-refractivity contribution in [3.63, 3.8) is 0 Å². The van der Waals surface area contributed by atoms with Gasteiger partial charge in [-0.15, -0.1) is 0 Å². The second-order valence-electron chi connectivity index (χ2n) is 5.89. The van der Waals surface area contributed by atoms with Crippen molar-refractivity contribution >= 4 is 0 Å². The van der Waals surface area contributed by atoms with Gasteiger partial charge in [0.2, 0.25) is 0 Å². The summed E-state index contributed by atoms with van der Waals surface area (Å²) < 4.78 is 7.59. The molecule has 5 heteroatoms. The number of hydrogen-bond donors (Lipinski definition) is 1. The third-order valence-electron chi connectivity index (χ3n) is 4.27. The Morgan fingerprint density at radius 2 is 2.33 bits per heavy atom. The molecule has 1 aliphatic rings. The molecule has 2 aromatic rings. The van der Waals surface area contributed by atoms with Gasteiger partial charge in [-0.1, -0.05) is 0 Å². The average molecular weight is 288 g/mol.